The van der Waals surface area contributed by atoms with Gasteiger partial charge >= 0.3 is 0 Å². The Labute approximate surface area is 116 Å². The normalized spacial score (nSPS) is 10.2. The fourth-order valence-electron chi connectivity index (χ4n) is 1.64. The minimum absolute atomic E-state index is 0.534. The third kappa shape index (κ3) is 3.26. The highest BCUT2D eigenvalue weighted by Crippen LogP contribution is 2.28. The molecule has 0 aliphatic carbocycles. The lowest BCUT2D eigenvalue weighted by Crippen LogP contribution is -1.97. The zero-order chi connectivity index (χ0) is 13.0. The van der Waals surface area contributed by atoms with Gasteiger partial charge in [-0.3, -0.25) is 0 Å². The van der Waals surface area contributed by atoms with Crippen molar-refractivity contribution >= 4 is 15.9 Å². The Balaban J connectivity index is 2.08. The highest BCUT2D eigenvalue weighted by Gasteiger charge is 2.04. The molecule has 0 bridgehead atoms. The van der Waals surface area contributed by atoms with Crippen molar-refractivity contribution in [1.29, 1.82) is 0 Å². The van der Waals surface area contributed by atoms with E-state index in [4.69, 9.17) is 9.47 Å². The van der Waals surface area contributed by atoms with Crippen LogP contribution in [0.3, 0.4) is 0 Å². The Morgan fingerprint density at radius 3 is 2.39 bits per heavy atom. The zero-order valence-electron chi connectivity index (χ0n) is 10.4. The van der Waals surface area contributed by atoms with E-state index in [1.807, 2.05) is 49.4 Å². The summed E-state index contributed by atoms with van der Waals surface area (Å²) < 4.78 is 12.1. The lowest BCUT2D eigenvalue weighted by Gasteiger charge is -2.11. The quantitative estimate of drug-likeness (QED) is 0.836. The first kappa shape index (κ1) is 13.0. The predicted molar refractivity (Wildman–Crippen MR) is 76.2 cm³/mol. The van der Waals surface area contributed by atoms with Gasteiger partial charge in [-0.2, -0.15) is 0 Å². The summed E-state index contributed by atoms with van der Waals surface area (Å²) in [6.45, 7) is 2.56. The number of hydrogen-bond acceptors (Lipinski definition) is 2. The number of aryl methyl sites for hydroxylation is 1. The fourth-order valence-corrected chi connectivity index (χ4v) is 1.90. The van der Waals surface area contributed by atoms with E-state index >= 15 is 0 Å². The van der Waals surface area contributed by atoms with E-state index in [1.165, 1.54) is 0 Å². The maximum Gasteiger partial charge on any atom is 0.161 e. The van der Waals surface area contributed by atoms with E-state index in [2.05, 4.69) is 15.9 Å². The minimum atomic E-state index is 0.534. The number of ether oxygens (including phenoxy) is 2. The average Bonchev–Trinajstić information content (AvgIpc) is 2.39. The molecule has 18 heavy (non-hydrogen) atoms. The van der Waals surface area contributed by atoms with E-state index < -0.39 is 0 Å². The van der Waals surface area contributed by atoms with E-state index in [-0.39, 0.29) is 0 Å². The average molecular weight is 307 g/mol. The summed E-state index contributed by atoms with van der Waals surface area (Å²) in [5.74, 6) is 1.54. The zero-order valence-corrected chi connectivity index (χ0v) is 12.0. The number of rotatable bonds is 4. The van der Waals surface area contributed by atoms with E-state index in [1.54, 1.807) is 7.11 Å². The van der Waals surface area contributed by atoms with Crippen LogP contribution in [-0.2, 0) is 6.61 Å². The highest BCUT2D eigenvalue weighted by molar-refractivity contribution is 9.10. The number of methoxy groups -OCH3 is 1. The molecule has 0 aliphatic rings. The van der Waals surface area contributed by atoms with Crippen molar-refractivity contribution in [3.05, 3.63) is 58.1 Å². The van der Waals surface area contributed by atoms with Crippen LogP contribution in [0, 0.1) is 6.92 Å². The van der Waals surface area contributed by atoms with Crippen molar-refractivity contribution in [3.63, 3.8) is 0 Å². The largest absolute Gasteiger partial charge is 0.493 e. The second kappa shape index (κ2) is 5.91. The van der Waals surface area contributed by atoms with E-state index in [0.717, 1.165) is 27.1 Å². The summed E-state index contributed by atoms with van der Waals surface area (Å²) >= 11 is 3.41. The SMILES string of the molecule is COc1cc(C)ccc1OCc1ccc(Br)cc1. The summed E-state index contributed by atoms with van der Waals surface area (Å²) in [5, 5.41) is 0. The van der Waals surface area contributed by atoms with Crippen LogP contribution in [-0.4, -0.2) is 7.11 Å². The van der Waals surface area contributed by atoms with Crippen LogP contribution >= 0.6 is 15.9 Å². The summed E-state index contributed by atoms with van der Waals surface area (Å²) in [5.41, 5.74) is 2.28. The van der Waals surface area contributed by atoms with Gasteiger partial charge in [-0.1, -0.05) is 34.1 Å². The standard InChI is InChI=1S/C15H15BrO2/c1-11-3-8-14(15(9-11)17-2)18-10-12-4-6-13(16)7-5-12/h3-9H,10H2,1-2H3. The summed E-state index contributed by atoms with van der Waals surface area (Å²) in [6, 6.07) is 14.0. The molecular formula is C15H15BrO2. The van der Waals surface area contributed by atoms with Gasteiger partial charge in [-0.25, -0.2) is 0 Å². The monoisotopic (exact) mass is 306 g/mol. The molecule has 0 heterocycles. The van der Waals surface area contributed by atoms with Crippen molar-refractivity contribution in [3.8, 4) is 11.5 Å². The lowest BCUT2D eigenvalue weighted by atomic mass is 10.2. The van der Waals surface area contributed by atoms with Crippen LogP contribution < -0.4 is 9.47 Å². The number of benzene rings is 2. The fraction of sp³-hybridized carbons (Fsp3) is 0.200. The molecule has 2 aromatic carbocycles. The molecular weight excluding hydrogens is 292 g/mol. The molecule has 3 heteroatoms. The predicted octanol–water partition coefficient (Wildman–Crippen LogP) is 4.35. The number of halogens is 1. The Morgan fingerprint density at radius 2 is 1.72 bits per heavy atom. The Morgan fingerprint density at radius 1 is 1.00 bits per heavy atom. The third-order valence-electron chi connectivity index (χ3n) is 2.63. The first-order valence-corrected chi connectivity index (χ1v) is 6.50. The topological polar surface area (TPSA) is 18.5 Å². The van der Waals surface area contributed by atoms with Gasteiger partial charge in [0.05, 0.1) is 7.11 Å². The summed E-state index contributed by atoms with van der Waals surface area (Å²) in [6.07, 6.45) is 0. The van der Waals surface area contributed by atoms with Gasteiger partial charge in [0.15, 0.2) is 11.5 Å². The van der Waals surface area contributed by atoms with E-state index in [0.29, 0.717) is 6.61 Å². The molecule has 2 nitrogen and oxygen atoms in total. The molecule has 0 aromatic heterocycles. The van der Waals surface area contributed by atoms with Crippen molar-refractivity contribution in [2.75, 3.05) is 7.11 Å². The van der Waals surface area contributed by atoms with Crippen LogP contribution in [0.15, 0.2) is 46.9 Å². The van der Waals surface area contributed by atoms with Crippen LogP contribution in [0.1, 0.15) is 11.1 Å². The van der Waals surface area contributed by atoms with Crippen molar-refractivity contribution in [1.82, 2.24) is 0 Å². The smallest absolute Gasteiger partial charge is 0.161 e. The molecule has 0 N–H and O–H groups in total. The second-order valence-electron chi connectivity index (χ2n) is 4.07. The molecule has 0 amide bonds. The number of hydrogen-bond donors (Lipinski definition) is 0. The maximum atomic E-state index is 5.77. The first-order valence-electron chi connectivity index (χ1n) is 5.71. The molecule has 0 spiro atoms. The third-order valence-corrected chi connectivity index (χ3v) is 3.16. The van der Waals surface area contributed by atoms with Gasteiger partial charge < -0.3 is 9.47 Å². The van der Waals surface area contributed by atoms with Crippen LogP contribution in [0.2, 0.25) is 0 Å². The van der Waals surface area contributed by atoms with Crippen molar-refractivity contribution < 1.29 is 9.47 Å². The van der Waals surface area contributed by atoms with Gasteiger partial charge in [0, 0.05) is 4.47 Å². The van der Waals surface area contributed by atoms with Crippen molar-refractivity contribution in [2.45, 2.75) is 13.5 Å². The molecule has 0 radical (unpaired) electrons. The second-order valence-corrected chi connectivity index (χ2v) is 4.99. The van der Waals surface area contributed by atoms with Gasteiger partial charge in [0.1, 0.15) is 6.61 Å². The van der Waals surface area contributed by atoms with Gasteiger partial charge in [-0.05, 0) is 42.3 Å². The molecule has 0 fully saturated rings. The van der Waals surface area contributed by atoms with Gasteiger partial charge in [0.2, 0.25) is 0 Å². The molecule has 0 saturated heterocycles. The molecule has 0 aliphatic heterocycles. The molecule has 0 atom stereocenters. The van der Waals surface area contributed by atoms with Gasteiger partial charge in [-0.15, -0.1) is 0 Å². The first-order chi connectivity index (χ1) is 8.69. The van der Waals surface area contributed by atoms with E-state index in [9.17, 15) is 0 Å². The van der Waals surface area contributed by atoms with Gasteiger partial charge in [0.25, 0.3) is 0 Å². The molecule has 94 valence electrons. The Bertz CT molecular complexity index is 521. The maximum absolute atomic E-state index is 5.77. The highest BCUT2D eigenvalue weighted by atomic mass is 79.9. The molecule has 0 saturated carbocycles. The molecule has 2 aromatic rings. The summed E-state index contributed by atoms with van der Waals surface area (Å²) in [7, 11) is 1.65. The van der Waals surface area contributed by atoms with Crippen molar-refractivity contribution in [2.24, 2.45) is 0 Å². The lowest BCUT2D eigenvalue weighted by molar-refractivity contribution is 0.284. The van der Waals surface area contributed by atoms with Crippen LogP contribution in [0.25, 0.3) is 0 Å². The van der Waals surface area contributed by atoms with Crippen LogP contribution in [0.5, 0.6) is 11.5 Å². The Hall–Kier alpha value is -1.48. The molecule has 0 unspecified atom stereocenters. The molecule has 2 rings (SSSR count). The Kier molecular flexibility index (Phi) is 4.26. The summed E-state index contributed by atoms with van der Waals surface area (Å²) in [4.78, 5) is 0. The van der Waals surface area contributed by atoms with Crippen LogP contribution in [0.4, 0.5) is 0 Å². The minimum Gasteiger partial charge on any atom is -0.493 e.